The molecule has 0 aliphatic carbocycles. The van der Waals surface area contributed by atoms with E-state index in [1.54, 1.807) is 19.1 Å². The molecule has 1 saturated heterocycles. The number of epoxide rings is 1. The number of aromatic nitrogens is 1. The van der Waals surface area contributed by atoms with E-state index < -0.39 is 5.97 Å². The first-order valence-corrected chi connectivity index (χ1v) is 7.54. The number of carbonyl (C=O) groups excluding carboxylic acids is 1. The molecule has 0 saturated carbocycles. The van der Waals surface area contributed by atoms with Crippen molar-refractivity contribution < 1.29 is 18.7 Å². The Morgan fingerprint density at radius 1 is 1.38 bits per heavy atom. The number of ether oxygens (including phenoxy) is 2. The molecule has 1 unspecified atom stereocenters. The Balaban J connectivity index is 1.97. The Bertz CT molecular complexity index is 1040. The summed E-state index contributed by atoms with van der Waals surface area (Å²) in [6, 6.07) is 6.69. The van der Waals surface area contributed by atoms with Crippen molar-refractivity contribution >= 4 is 33.9 Å². The third kappa shape index (κ3) is 2.30. The number of nitrogen functional groups attached to an aromatic ring is 1. The van der Waals surface area contributed by atoms with E-state index in [0.717, 1.165) is 5.56 Å². The van der Waals surface area contributed by atoms with Gasteiger partial charge in [0, 0.05) is 0 Å². The molecule has 2 aromatic heterocycles. The first-order chi connectivity index (χ1) is 11.6. The molecule has 0 radical (unpaired) electrons. The second kappa shape index (κ2) is 5.31. The van der Waals surface area contributed by atoms with E-state index in [4.69, 9.17) is 19.6 Å². The average molecular weight is 326 g/mol. The summed E-state index contributed by atoms with van der Waals surface area (Å²) in [5.74, 6) is -0.657. The fourth-order valence-corrected chi connectivity index (χ4v) is 2.63. The Morgan fingerprint density at radius 3 is 2.88 bits per heavy atom. The van der Waals surface area contributed by atoms with E-state index in [-0.39, 0.29) is 40.6 Å². The van der Waals surface area contributed by atoms with Crippen LogP contribution in [0.3, 0.4) is 0 Å². The fraction of sp³-hybridized carbons (Fsp3) is 0.235. The molecule has 0 spiro atoms. The summed E-state index contributed by atoms with van der Waals surface area (Å²) in [5, 5.41) is 0.602. The zero-order valence-electron chi connectivity index (χ0n) is 12.9. The van der Waals surface area contributed by atoms with Crippen molar-refractivity contribution in [2.24, 2.45) is 0 Å². The second-order valence-corrected chi connectivity index (χ2v) is 5.50. The molecule has 0 bridgehead atoms. The van der Waals surface area contributed by atoms with Crippen molar-refractivity contribution in [3.8, 4) is 0 Å². The lowest BCUT2D eigenvalue weighted by atomic mass is 10.1. The van der Waals surface area contributed by atoms with Crippen LogP contribution in [-0.2, 0) is 9.47 Å². The highest BCUT2D eigenvalue weighted by Gasteiger charge is 2.25. The van der Waals surface area contributed by atoms with Crippen molar-refractivity contribution in [1.82, 2.24) is 4.98 Å². The van der Waals surface area contributed by atoms with E-state index in [0.29, 0.717) is 17.6 Å². The van der Waals surface area contributed by atoms with Crippen LogP contribution in [-0.4, -0.2) is 24.2 Å². The molecule has 7 nitrogen and oxygen atoms in total. The number of pyridine rings is 1. The molecule has 1 fully saturated rings. The summed E-state index contributed by atoms with van der Waals surface area (Å²) in [7, 11) is 0. The summed E-state index contributed by atoms with van der Waals surface area (Å²) in [5.41, 5.74) is 7.00. The summed E-state index contributed by atoms with van der Waals surface area (Å²) < 4.78 is 15.9. The topological polar surface area (TPSA) is 108 Å². The molecule has 0 amide bonds. The maximum Gasteiger partial charge on any atom is 0.341 e. The van der Waals surface area contributed by atoms with Crippen molar-refractivity contribution in [2.45, 2.75) is 13.0 Å². The zero-order chi connectivity index (χ0) is 16.8. The van der Waals surface area contributed by atoms with Crippen LogP contribution in [0.15, 0.2) is 33.5 Å². The Kier molecular flexibility index (Phi) is 3.24. The average Bonchev–Trinajstić information content (AvgIpc) is 3.39. The van der Waals surface area contributed by atoms with Gasteiger partial charge in [0.15, 0.2) is 0 Å². The number of rotatable bonds is 3. The van der Waals surface area contributed by atoms with Crippen molar-refractivity contribution in [1.29, 1.82) is 0 Å². The van der Waals surface area contributed by atoms with Crippen LogP contribution in [0.25, 0.3) is 22.1 Å². The summed E-state index contributed by atoms with van der Waals surface area (Å²) in [6.45, 7) is 2.54. The van der Waals surface area contributed by atoms with E-state index in [2.05, 4.69) is 4.98 Å². The first kappa shape index (κ1) is 14.6. The largest absolute Gasteiger partial charge is 0.462 e. The molecular weight excluding hydrogens is 312 g/mol. The highest BCUT2D eigenvalue weighted by molar-refractivity contribution is 5.99. The van der Waals surface area contributed by atoms with E-state index in [1.807, 2.05) is 6.07 Å². The van der Waals surface area contributed by atoms with Crippen LogP contribution < -0.4 is 11.2 Å². The minimum Gasteiger partial charge on any atom is -0.462 e. The van der Waals surface area contributed by atoms with Gasteiger partial charge in [0.05, 0.1) is 24.0 Å². The number of benzene rings is 1. The molecule has 1 aromatic carbocycles. The summed E-state index contributed by atoms with van der Waals surface area (Å²) >= 11 is 0. The summed E-state index contributed by atoms with van der Waals surface area (Å²) in [4.78, 5) is 28.8. The van der Waals surface area contributed by atoms with Gasteiger partial charge >= 0.3 is 5.97 Å². The van der Waals surface area contributed by atoms with E-state index in [1.165, 1.54) is 6.07 Å². The minimum absolute atomic E-state index is 0.0316. The van der Waals surface area contributed by atoms with Gasteiger partial charge < -0.3 is 19.6 Å². The molecule has 1 aliphatic heterocycles. The van der Waals surface area contributed by atoms with Crippen LogP contribution in [0.2, 0.25) is 0 Å². The Morgan fingerprint density at radius 2 is 2.17 bits per heavy atom. The number of anilines is 1. The molecule has 4 rings (SSSR count). The van der Waals surface area contributed by atoms with Crippen molar-refractivity contribution in [3.63, 3.8) is 0 Å². The monoisotopic (exact) mass is 326 g/mol. The Hall–Kier alpha value is -2.93. The quantitative estimate of drug-likeness (QED) is 0.446. The van der Waals surface area contributed by atoms with Crippen molar-refractivity contribution in [3.05, 3.63) is 45.6 Å². The lowest BCUT2D eigenvalue weighted by molar-refractivity contribution is 0.0527. The van der Waals surface area contributed by atoms with Gasteiger partial charge in [0.2, 0.25) is 11.1 Å². The molecule has 2 N–H and O–H groups in total. The predicted molar refractivity (Wildman–Crippen MR) is 86.8 cm³/mol. The lowest BCUT2D eigenvalue weighted by Crippen LogP contribution is -2.12. The van der Waals surface area contributed by atoms with Crippen LogP contribution in [0.5, 0.6) is 0 Å². The molecule has 1 aliphatic rings. The third-order valence-corrected chi connectivity index (χ3v) is 3.92. The highest BCUT2D eigenvalue weighted by atomic mass is 16.6. The molecule has 3 aromatic rings. The van der Waals surface area contributed by atoms with Gasteiger partial charge in [-0.2, -0.15) is 4.98 Å². The maximum absolute atomic E-state index is 12.8. The molecular formula is C17H14N2O5. The SMILES string of the molecule is CCOC(=O)c1cc2c(=O)c3cc(C4CO4)ccc3oc2nc1N. The Labute approximate surface area is 136 Å². The van der Waals surface area contributed by atoms with Crippen molar-refractivity contribution in [2.75, 3.05) is 18.9 Å². The van der Waals surface area contributed by atoms with E-state index >= 15 is 0 Å². The third-order valence-electron chi connectivity index (χ3n) is 3.92. The number of nitrogens with zero attached hydrogens (tertiary/aromatic N) is 1. The zero-order valence-corrected chi connectivity index (χ0v) is 12.9. The number of hydrogen-bond donors (Lipinski definition) is 1. The van der Waals surface area contributed by atoms with Crippen LogP contribution in [0, 0.1) is 0 Å². The van der Waals surface area contributed by atoms with E-state index in [9.17, 15) is 9.59 Å². The van der Waals surface area contributed by atoms with Gasteiger partial charge in [-0.1, -0.05) is 6.07 Å². The molecule has 122 valence electrons. The second-order valence-electron chi connectivity index (χ2n) is 5.50. The van der Waals surface area contributed by atoms with Gasteiger partial charge in [-0.25, -0.2) is 4.79 Å². The van der Waals surface area contributed by atoms with Gasteiger partial charge in [0.1, 0.15) is 23.1 Å². The lowest BCUT2D eigenvalue weighted by Gasteiger charge is -2.07. The molecule has 24 heavy (non-hydrogen) atoms. The van der Waals surface area contributed by atoms with Crippen LogP contribution in [0.4, 0.5) is 5.82 Å². The standard InChI is InChI=1S/C17H14N2O5/c1-2-22-17(21)11-6-10-14(20)9-5-8(13-7-23-13)3-4-12(9)24-16(10)19-15(11)18/h3-6,13H,2,7H2,1H3,(H2,18,19). The first-order valence-electron chi connectivity index (χ1n) is 7.54. The molecule has 7 heteroatoms. The van der Waals surface area contributed by atoms with Gasteiger partial charge in [0.25, 0.3) is 0 Å². The maximum atomic E-state index is 12.8. The number of nitrogens with two attached hydrogens (primary N) is 1. The van der Waals surface area contributed by atoms with Gasteiger partial charge in [-0.05, 0) is 30.7 Å². The predicted octanol–water partition coefficient (Wildman–Crippen LogP) is 2.17. The number of carbonyl (C=O) groups is 1. The smallest absolute Gasteiger partial charge is 0.341 e. The minimum atomic E-state index is -0.621. The highest BCUT2D eigenvalue weighted by Crippen LogP contribution is 2.31. The molecule has 1 atom stereocenters. The number of esters is 1. The normalized spacial score (nSPS) is 16.5. The number of fused-ring (bicyclic) bond motifs is 2. The molecule has 3 heterocycles. The fourth-order valence-electron chi connectivity index (χ4n) is 2.63. The van der Waals surface area contributed by atoms with Crippen LogP contribution in [0.1, 0.15) is 28.9 Å². The van der Waals surface area contributed by atoms with Gasteiger partial charge in [-0.15, -0.1) is 0 Å². The van der Waals surface area contributed by atoms with Crippen LogP contribution >= 0.6 is 0 Å². The number of hydrogen-bond acceptors (Lipinski definition) is 7. The summed E-state index contributed by atoms with van der Waals surface area (Å²) in [6.07, 6.45) is 0.0316. The van der Waals surface area contributed by atoms with Gasteiger partial charge in [-0.3, -0.25) is 4.79 Å².